The first-order chi connectivity index (χ1) is 8.20. The first-order valence-electron chi connectivity index (χ1n) is 5.78. The minimum atomic E-state index is -0.395. The Morgan fingerprint density at radius 3 is 3.00 bits per heavy atom. The second-order valence-corrected chi connectivity index (χ2v) is 4.29. The van der Waals surface area contributed by atoms with E-state index in [0.29, 0.717) is 11.3 Å². The summed E-state index contributed by atoms with van der Waals surface area (Å²) in [4.78, 5) is 0. The molecular weight excluding hydrogens is 219 g/mol. The molecule has 1 N–H and O–H groups in total. The summed E-state index contributed by atoms with van der Waals surface area (Å²) in [5.74, 6) is -0.395. The van der Waals surface area contributed by atoms with Gasteiger partial charge < -0.3 is 10.1 Å². The maximum Gasteiger partial charge on any atom is 0.147 e. The van der Waals surface area contributed by atoms with E-state index in [0.717, 1.165) is 19.4 Å². The van der Waals surface area contributed by atoms with Crippen molar-refractivity contribution < 1.29 is 9.13 Å². The van der Waals surface area contributed by atoms with Gasteiger partial charge in [0.05, 0.1) is 23.4 Å². The molecule has 1 saturated heterocycles. The molecule has 0 spiro atoms. The Bertz CT molecular complexity index is 436. The molecule has 0 aliphatic carbocycles. The van der Waals surface area contributed by atoms with Crippen molar-refractivity contribution in [2.24, 2.45) is 0 Å². The summed E-state index contributed by atoms with van der Waals surface area (Å²) in [5.41, 5.74) is 0.754. The molecule has 2 rings (SSSR count). The predicted octanol–water partition coefficient (Wildman–Crippen LogP) is 2.68. The summed E-state index contributed by atoms with van der Waals surface area (Å²) in [5, 5.41) is 11.7. The lowest BCUT2D eigenvalue weighted by molar-refractivity contribution is 0.0996. The molecule has 1 aliphatic heterocycles. The van der Waals surface area contributed by atoms with Gasteiger partial charge in [-0.15, -0.1) is 0 Å². The molecule has 4 heteroatoms. The van der Waals surface area contributed by atoms with Crippen LogP contribution in [-0.2, 0) is 4.74 Å². The van der Waals surface area contributed by atoms with Gasteiger partial charge in [0.2, 0.25) is 0 Å². The number of halogens is 1. The van der Waals surface area contributed by atoms with Crippen molar-refractivity contribution >= 4 is 5.69 Å². The predicted molar refractivity (Wildman–Crippen MR) is 63.2 cm³/mol. The molecule has 1 aromatic carbocycles. The minimum absolute atomic E-state index is 0.0694. The minimum Gasteiger partial charge on any atom is -0.378 e. The van der Waals surface area contributed by atoms with Gasteiger partial charge in [0.25, 0.3) is 0 Å². The fourth-order valence-electron chi connectivity index (χ4n) is 2.04. The third kappa shape index (κ3) is 2.75. The number of ether oxygens (including phenoxy) is 1. The molecule has 1 aromatic rings. The van der Waals surface area contributed by atoms with E-state index in [9.17, 15) is 4.39 Å². The number of benzene rings is 1. The van der Waals surface area contributed by atoms with E-state index in [1.54, 1.807) is 12.1 Å². The van der Waals surface area contributed by atoms with E-state index >= 15 is 0 Å². The van der Waals surface area contributed by atoms with Crippen molar-refractivity contribution in [1.82, 2.24) is 0 Å². The Morgan fingerprint density at radius 1 is 1.59 bits per heavy atom. The van der Waals surface area contributed by atoms with Gasteiger partial charge in [0.15, 0.2) is 0 Å². The average molecular weight is 234 g/mol. The Kier molecular flexibility index (Phi) is 3.60. The van der Waals surface area contributed by atoms with Crippen LogP contribution >= 0.6 is 0 Å². The van der Waals surface area contributed by atoms with Crippen LogP contribution in [0.1, 0.15) is 25.3 Å². The van der Waals surface area contributed by atoms with Gasteiger partial charge in [-0.1, -0.05) is 0 Å². The van der Waals surface area contributed by atoms with Crippen molar-refractivity contribution in [2.45, 2.75) is 31.9 Å². The summed E-state index contributed by atoms with van der Waals surface area (Å²) in [6, 6.07) is 6.42. The summed E-state index contributed by atoms with van der Waals surface area (Å²) >= 11 is 0. The van der Waals surface area contributed by atoms with Crippen molar-refractivity contribution in [2.75, 3.05) is 11.9 Å². The molecular formula is C13H15FN2O. The highest BCUT2D eigenvalue weighted by atomic mass is 19.1. The van der Waals surface area contributed by atoms with Gasteiger partial charge in [-0.2, -0.15) is 5.26 Å². The van der Waals surface area contributed by atoms with E-state index in [-0.39, 0.29) is 12.1 Å². The third-order valence-corrected chi connectivity index (χ3v) is 3.00. The fourth-order valence-corrected chi connectivity index (χ4v) is 2.04. The quantitative estimate of drug-likeness (QED) is 0.874. The van der Waals surface area contributed by atoms with Crippen molar-refractivity contribution in [3.8, 4) is 6.07 Å². The Labute approximate surface area is 100 Å². The number of nitriles is 1. The highest BCUT2D eigenvalue weighted by Crippen LogP contribution is 2.21. The number of hydrogen-bond donors (Lipinski definition) is 1. The number of hydrogen-bond acceptors (Lipinski definition) is 3. The highest BCUT2D eigenvalue weighted by Gasteiger charge is 2.22. The van der Waals surface area contributed by atoms with Gasteiger partial charge in [0, 0.05) is 12.6 Å². The standard InChI is InChI=1S/C13H15FN2O/c1-9(13-3-2-6-17-13)16-12-5-4-10(8-15)7-11(12)14/h4-5,7,9,13,16H,2-3,6H2,1H3. The van der Waals surface area contributed by atoms with Gasteiger partial charge in [-0.25, -0.2) is 4.39 Å². The molecule has 2 atom stereocenters. The zero-order chi connectivity index (χ0) is 12.3. The summed E-state index contributed by atoms with van der Waals surface area (Å²) in [6.07, 6.45) is 2.21. The van der Waals surface area contributed by atoms with E-state index < -0.39 is 5.82 Å². The Balaban J connectivity index is 2.05. The second kappa shape index (κ2) is 5.15. The topological polar surface area (TPSA) is 45.0 Å². The van der Waals surface area contributed by atoms with Crippen LogP contribution in [0.15, 0.2) is 18.2 Å². The monoisotopic (exact) mass is 234 g/mol. The van der Waals surface area contributed by atoms with Crippen molar-refractivity contribution in [3.63, 3.8) is 0 Å². The van der Waals surface area contributed by atoms with E-state index in [4.69, 9.17) is 10.00 Å². The molecule has 90 valence electrons. The molecule has 0 saturated carbocycles. The third-order valence-electron chi connectivity index (χ3n) is 3.00. The van der Waals surface area contributed by atoms with Crippen LogP contribution in [0.2, 0.25) is 0 Å². The summed E-state index contributed by atoms with van der Waals surface area (Å²) in [6.45, 7) is 2.76. The Morgan fingerprint density at radius 2 is 2.41 bits per heavy atom. The van der Waals surface area contributed by atoms with Crippen LogP contribution < -0.4 is 5.32 Å². The zero-order valence-corrected chi connectivity index (χ0v) is 9.74. The van der Waals surface area contributed by atoms with Gasteiger partial charge >= 0.3 is 0 Å². The van der Waals surface area contributed by atoms with E-state index in [1.807, 2.05) is 13.0 Å². The van der Waals surface area contributed by atoms with Gasteiger partial charge in [-0.3, -0.25) is 0 Å². The first-order valence-corrected chi connectivity index (χ1v) is 5.78. The number of rotatable bonds is 3. The molecule has 17 heavy (non-hydrogen) atoms. The molecule has 2 unspecified atom stereocenters. The molecule has 1 heterocycles. The number of anilines is 1. The molecule has 0 radical (unpaired) electrons. The zero-order valence-electron chi connectivity index (χ0n) is 9.74. The molecule has 1 aliphatic rings. The van der Waals surface area contributed by atoms with E-state index in [1.165, 1.54) is 6.07 Å². The number of nitrogens with zero attached hydrogens (tertiary/aromatic N) is 1. The van der Waals surface area contributed by atoms with Crippen LogP contribution in [0.4, 0.5) is 10.1 Å². The normalized spacial score (nSPS) is 20.9. The highest BCUT2D eigenvalue weighted by molar-refractivity contribution is 5.49. The molecule has 1 fully saturated rings. The average Bonchev–Trinajstić information content (AvgIpc) is 2.85. The second-order valence-electron chi connectivity index (χ2n) is 4.29. The molecule has 0 aromatic heterocycles. The molecule has 0 bridgehead atoms. The van der Waals surface area contributed by atoms with Crippen molar-refractivity contribution in [3.05, 3.63) is 29.6 Å². The lowest BCUT2D eigenvalue weighted by atomic mass is 10.1. The van der Waals surface area contributed by atoms with Crippen LogP contribution in [0.3, 0.4) is 0 Å². The SMILES string of the molecule is CC(Nc1ccc(C#N)cc1F)C1CCCO1. The van der Waals surface area contributed by atoms with Crippen LogP contribution in [0.5, 0.6) is 0 Å². The van der Waals surface area contributed by atoms with Gasteiger partial charge in [-0.05, 0) is 38.0 Å². The summed E-state index contributed by atoms with van der Waals surface area (Å²) < 4.78 is 19.2. The van der Waals surface area contributed by atoms with Gasteiger partial charge in [0.1, 0.15) is 5.82 Å². The lowest BCUT2D eigenvalue weighted by Crippen LogP contribution is -2.30. The smallest absolute Gasteiger partial charge is 0.147 e. The number of nitrogens with one attached hydrogen (secondary N) is 1. The molecule has 3 nitrogen and oxygen atoms in total. The lowest BCUT2D eigenvalue weighted by Gasteiger charge is -2.21. The van der Waals surface area contributed by atoms with Crippen LogP contribution in [0, 0.1) is 17.1 Å². The van der Waals surface area contributed by atoms with Crippen LogP contribution in [-0.4, -0.2) is 18.8 Å². The van der Waals surface area contributed by atoms with E-state index in [2.05, 4.69) is 5.32 Å². The first kappa shape index (κ1) is 11.9. The fraction of sp³-hybridized carbons (Fsp3) is 0.462. The van der Waals surface area contributed by atoms with Crippen molar-refractivity contribution in [1.29, 1.82) is 5.26 Å². The Hall–Kier alpha value is -1.60. The maximum absolute atomic E-state index is 13.6. The summed E-state index contributed by atoms with van der Waals surface area (Å²) in [7, 11) is 0. The van der Waals surface area contributed by atoms with Crippen LogP contribution in [0.25, 0.3) is 0 Å². The molecule has 0 amide bonds. The maximum atomic E-state index is 13.6. The largest absolute Gasteiger partial charge is 0.378 e.